The summed E-state index contributed by atoms with van der Waals surface area (Å²) in [6.07, 6.45) is 0.150. The largest absolute Gasteiger partial charge is 0.472 e. The molecule has 0 spiro atoms. The molecule has 198 valence electrons. The summed E-state index contributed by atoms with van der Waals surface area (Å²) in [5.41, 5.74) is 3.82. The van der Waals surface area contributed by atoms with Crippen LogP contribution in [0.5, 0.6) is 0 Å². The van der Waals surface area contributed by atoms with E-state index in [0.29, 0.717) is 5.65 Å². The van der Waals surface area contributed by atoms with Gasteiger partial charge in [0.05, 0.1) is 25.6 Å². The van der Waals surface area contributed by atoms with Gasteiger partial charge in [-0.1, -0.05) is 27.7 Å². The lowest BCUT2D eigenvalue weighted by atomic mass is 10.2. The third-order valence-corrected chi connectivity index (χ3v) is 4.93. The Morgan fingerprint density at radius 3 is 2.26 bits per heavy atom. The number of rotatable bonds is 9. The number of hydrogen-bond acceptors (Lipinski definition) is 10. The summed E-state index contributed by atoms with van der Waals surface area (Å²) < 4.78 is 26.7. The fourth-order valence-electron chi connectivity index (χ4n) is 2.21. The topological polar surface area (TPSA) is 212 Å². The number of anilines is 1. The van der Waals surface area contributed by atoms with Crippen LogP contribution < -0.4 is 11.3 Å². The SMILES string of the molecule is CC.CC.CCOP(=O)(O)C(=O)O.COC(C)C(CO)OC(C)n1cnc2c(=O)[nH]c(N)nc21. The number of H-pyrrole nitrogens is 1. The molecule has 0 aromatic carbocycles. The van der Waals surface area contributed by atoms with Crippen LogP contribution in [0.4, 0.5) is 10.7 Å². The maximum absolute atomic E-state index is 11.7. The number of hydrogen-bond donors (Lipinski definition) is 5. The average Bonchev–Trinajstić information content (AvgIpc) is 3.24. The molecule has 2 rings (SSSR count). The molecule has 2 heterocycles. The molecule has 2 aromatic rings. The Labute approximate surface area is 198 Å². The molecule has 0 saturated heterocycles. The first-order chi connectivity index (χ1) is 16.0. The van der Waals surface area contributed by atoms with Gasteiger partial charge in [-0.3, -0.25) is 14.3 Å². The molecule has 2 aromatic heterocycles. The fourth-order valence-corrected chi connectivity index (χ4v) is 2.67. The summed E-state index contributed by atoms with van der Waals surface area (Å²) in [5.74, 6) is 0.00502. The zero-order valence-corrected chi connectivity index (χ0v) is 21.8. The second kappa shape index (κ2) is 17.1. The molecule has 15 heteroatoms. The number of fused-ring (bicyclic) bond motifs is 1. The highest BCUT2D eigenvalue weighted by Gasteiger charge is 2.29. The van der Waals surface area contributed by atoms with Gasteiger partial charge in [0.2, 0.25) is 5.95 Å². The number of aliphatic hydroxyl groups is 1. The zero-order valence-electron chi connectivity index (χ0n) is 20.9. The Morgan fingerprint density at radius 1 is 1.29 bits per heavy atom. The van der Waals surface area contributed by atoms with Crippen LogP contribution in [-0.2, 0) is 18.6 Å². The van der Waals surface area contributed by atoms with E-state index in [1.807, 2.05) is 27.7 Å². The van der Waals surface area contributed by atoms with Crippen molar-refractivity contribution in [2.45, 2.75) is 66.9 Å². The van der Waals surface area contributed by atoms with E-state index in [4.69, 9.17) is 25.2 Å². The van der Waals surface area contributed by atoms with Gasteiger partial charge in [0.25, 0.3) is 5.56 Å². The van der Waals surface area contributed by atoms with Crippen molar-refractivity contribution in [3.8, 4) is 0 Å². The van der Waals surface area contributed by atoms with E-state index in [-0.39, 0.29) is 30.8 Å². The van der Waals surface area contributed by atoms with Crippen molar-refractivity contribution in [3.05, 3.63) is 16.7 Å². The summed E-state index contributed by atoms with van der Waals surface area (Å²) >= 11 is 0. The van der Waals surface area contributed by atoms with E-state index in [1.54, 1.807) is 18.4 Å². The number of nitrogens with zero attached hydrogens (tertiary/aromatic N) is 3. The number of nitrogens with two attached hydrogens (primary N) is 1. The van der Waals surface area contributed by atoms with Crippen LogP contribution in [-0.4, -0.2) is 72.9 Å². The van der Waals surface area contributed by atoms with Crippen LogP contribution >= 0.6 is 7.60 Å². The van der Waals surface area contributed by atoms with Gasteiger partial charge in [0.15, 0.2) is 11.2 Å². The highest BCUT2D eigenvalue weighted by Crippen LogP contribution is 2.41. The predicted octanol–water partition coefficient (Wildman–Crippen LogP) is 2.57. The van der Waals surface area contributed by atoms with E-state index in [1.165, 1.54) is 20.4 Å². The lowest BCUT2D eigenvalue weighted by Crippen LogP contribution is -2.33. The number of methoxy groups -OCH3 is 1. The van der Waals surface area contributed by atoms with Crippen LogP contribution in [0, 0.1) is 0 Å². The lowest BCUT2D eigenvalue weighted by molar-refractivity contribution is -0.119. The number of carboxylic acid groups (broad SMARTS) is 1. The van der Waals surface area contributed by atoms with Crippen LogP contribution in [0.25, 0.3) is 11.2 Å². The minimum Gasteiger partial charge on any atom is -0.472 e. The molecule has 0 aliphatic carbocycles. The molecule has 0 aliphatic heterocycles. The third kappa shape index (κ3) is 10.3. The van der Waals surface area contributed by atoms with Crippen molar-refractivity contribution in [3.63, 3.8) is 0 Å². The second-order valence-electron chi connectivity index (χ2n) is 5.89. The maximum Gasteiger partial charge on any atom is 0.435 e. The first-order valence-corrected chi connectivity index (χ1v) is 12.3. The molecule has 4 atom stereocenters. The molecule has 14 nitrogen and oxygen atoms in total. The Kier molecular flexibility index (Phi) is 17.0. The van der Waals surface area contributed by atoms with Crippen molar-refractivity contribution in [2.24, 2.45) is 0 Å². The Balaban J connectivity index is 0. The molecule has 6 N–H and O–H groups in total. The number of aromatic amines is 1. The highest BCUT2D eigenvalue weighted by molar-refractivity contribution is 7.70. The van der Waals surface area contributed by atoms with Gasteiger partial charge in [-0.2, -0.15) is 4.98 Å². The highest BCUT2D eigenvalue weighted by atomic mass is 31.2. The van der Waals surface area contributed by atoms with Crippen molar-refractivity contribution in [1.82, 2.24) is 19.5 Å². The van der Waals surface area contributed by atoms with Gasteiger partial charge in [0.1, 0.15) is 12.3 Å². The zero-order chi connectivity index (χ0) is 27.1. The van der Waals surface area contributed by atoms with Gasteiger partial charge in [-0.15, -0.1) is 0 Å². The van der Waals surface area contributed by atoms with Crippen molar-refractivity contribution in [1.29, 1.82) is 0 Å². The summed E-state index contributed by atoms with van der Waals surface area (Å²) in [7, 11) is -2.81. The predicted molar refractivity (Wildman–Crippen MR) is 128 cm³/mol. The van der Waals surface area contributed by atoms with Crippen LogP contribution in [0.3, 0.4) is 0 Å². The van der Waals surface area contributed by atoms with Crippen LogP contribution in [0.1, 0.15) is 54.7 Å². The number of aromatic nitrogens is 4. The molecule has 4 unspecified atom stereocenters. The number of nitrogens with one attached hydrogen (secondary N) is 1. The normalized spacial score (nSPS) is 14.6. The number of aliphatic hydroxyl groups excluding tert-OH is 1. The van der Waals surface area contributed by atoms with Gasteiger partial charge < -0.3 is 34.8 Å². The molecular weight excluding hydrogens is 473 g/mol. The number of nitrogen functional groups attached to an aromatic ring is 1. The fraction of sp³-hybridized carbons (Fsp3) is 0.684. The minimum absolute atomic E-state index is 0.00502. The Morgan fingerprint density at radius 2 is 1.85 bits per heavy atom. The Hall–Kier alpha value is -2.35. The second-order valence-corrected chi connectivity index (χ2v) is 7.57. The van der Waals surface area contributed by atoms with Gasteiger partial charge in [-0.05, 0) is 20.8 Å². The smallest absolute Gasteiger partial charge is 0.435 e. The summed E-state index contributed by atoms with van der Waals surface area (Å²) in [5, 5.41) is 17.3. The minimum atomic E-state index is -4.35. The Bertz CT molecular complexity index is 950. The number of imidazole rings is 1. The number of ether oxygens (including phenoxy) is 2. The molecule has 0 saturated carbocycles. The molecule has 0 amide bonds. The monoisotopic (exact) mass is 511 g/mol. The molecule has 0 fully saturated rings. The molecular formula is C19H38N5O9P. The number of carbonyl (C=O) groups is 1. The third-order valence-electron chi connectivity index (χ3n) is 3.84. The van der Waals surface area contributed by atoms with Crippen LogP contribution in [0.15, 0.2) is 11.1 Å². The summed E-state index contributed by atoms with van der Waals surface area (Å²) in [6.45, 7) is 12.7. The maximum atomic E-state index is 11.7. The van der Waals surface area contributed by atoms with Crippen molar-refractivity contribution >= 4 is 30.4 Å². The average molecular weight is 512 g/mol. The van der Waals surface area contributed by atoms with Gasteiger partial charge >= 0.3 is 13.3 Å². The quantitative estimate of drug-likeness (QED) is 0.307. The van der Waals surface area contributed by atoms with E-state index >= 15 is 0 Å². The van der Waals surface area contributed by atoms with E-state index in [9.17, 15) is 19.3 Å². The standard InChI is InChI=1S/C12H19N5O4.C3H7O5P.2C2H6/c1-6(20-3)8(4-18)21-7(2)17-5-14-9-10(17)15-12(13)16-11(9)19;1-2-8-9(6,7)3(4)5;2*1-2/h5-8,18H,4H2,1-3H3,(H3,13,15,16,19);2H2,1H3,(H,4,5)(H,6,7);2*1-2H3. The first kappa shape index (κ1) is 33.8. The molecule has 0 aliphatic rings. The summed E-state index contributed by atoms with van der Waals surface area (Å²) in [4.78, 5) is 40.3. The van der Waals surface area contributed by atoms with Crippen LogP contribution in [0.2, 0.25) is 0 Å². The van der Waals surface area contributed by atoms with E-state index < -0.39 is 31.2 Å². The van der Waals surface area contributed by atoms with Crippen molar-refractivity contribution < 1.29 is 38.5 Å². The molecule has 0 bridgehead atoms. The lowest BCUT2D eigenvalue weighted by Gasteiger charge is -2.25. The first-order valence-electron chi connectivity index (χ1n) is 10.7. The van der Waals surface area contributed by atoms with Gasteiger partial charge in [0, 0.05) is 7.11 Å². The van der Waals surface area contributed by atoms with Crippen molar-refractivity contribution in [2.75, 3.05) is 26.1 Å². The van der Waals surface area contributed by atoms with Gasteiger partial charge in [-0.25, -0.2) is 14.3 Å². The summed E-state index contributed by atoms with van der Waals surface area (Å²) in [6, 6.07) is 0. The van der Waals surface area contributed by atoms with E-state index in [2.05, 4.69) is 19.5 Å². The molecule has 34 heavy (non-hydrogen) atoms. The van der Waals surface area contributed by atoms with E-state index in [0.717, 1.165) is 0 Å². The molecule has 0 radical (unpaired) electrons.